The number of nitrogens with one attached hydrogen (secondary N) is 1. The topological polar surface area (TPSA) is 95.1 Å². The number of rotatable bonds is 8. The number of aromatic nitrogens is 2. The molecule has 0 spiro atoms. The molecule has 0 bridgehead atoms. The van der Waals surface area contributed by atoms with Crippen LogP contribution in [0.15, 0.2) is 60.7 Å². The molecule has 1 aromatic heterocycles. The van der Waals surface area contributed by atoms with Crippen LogP contribution in [0.2, 0.25) is 0 Å². The van der Waals surface area contributed by atoms with Crippen LogP contribution < -0.4 is 23.7 Å². The van der Waals surface area contributed by atoms with Gasteiger partial charge in [0.25, 0.3) is 5.91 Å². The zero-order chi connectivity index (χ0) is 26.2. The highest BCUT2D eigenvalue weighted by Crippen LogP contribution is 2.46. The lowest BCUT2D eigenvalue weighted by atomic mass is 9.95. The van der Waals surface area contributed by atoms with E-state index in [1.165, 1.54) is 0 Å². The fourth-order valence-corrected chi connectivity index (χ4v) is 5.04. The summed E-state index contributed by atoms with van der Waals surface area (Å²) in [7, 11) is 3.24. The zero-order valence-electron chi connectivity index (χ0n) is 21.3. The number of aromatic amines is 1. The Bertz CT molecular complexity index is 1500. The molecule has 1 unspecified atom stereocenters. The number of nitrogens with zero attached hydrogens (tertiary/aromatic N) is 2. The predicted octanol–water partition coefficient (Wildman–Crippen LogP) is 4.97. The molecule has 4 aromatic rings. The minimum atomic E-state index is -0.414. The van der Waals surface area contributed by atoms with Crippen molar-refractivity contribution in [1.82, 2.24) is 15.1 Å². The molecular formula is C29H27N3O6. The van der Waals surface area contributed by atoms with E-state index in [1.807, 2.05) is 72.5 Å². The normalized spacial score (nSPS) is 15.5. The second-order valence-electron chi connectivity index (χ2n) is 8.96. The number of benzene rings is 3. The van der Waals surface area contributed by atoms with Gasteiger partial charge in [0.15, 0.2) is 23.0 Å². The van der Waals surface area contributed by atoms with Gasteiger partial charge in [0.2, 0.25) is 6.79 Å². The van der Waals surface area contributed by atoms with Gasteiger partial charge in [0, 0.05) is 17.7 Å². The van der Waals surface area contributed by atoms with Gasteiger partial charge in [-0.05, 0) is 66.6 Å². The van der Waals surface area contributed by atoms with Crippen molar-refractivity contribution in [2.45, 2.75) is 19.5 Å². The standard InChI is InChI=1S/C29H27N3O6/c1-4-36-21-12-8-19(14-23(21)35-3)28-25-26(18-6-9-20(34-2)10-7-18)30-31-27(25)29(33)32(28)15-17-5-11-22-24(13-17)38-16-37-22/h5-14,28H,4,15-16H2,1-3H3,(H,30,31). The largest absolute Gasteiger partial charge is 0.497 e. The second-order valence-corrected chi connectivity index (χ2v) is 8.96. The summed E-state index contributed by atoms with van der Waals surface area (Å²) >= 11 is 0. The van der Waals surface area contributed by atoms with E-state index in [1.54, 1.807) is 14.2 Å². The third kappa shape index (κ3) is 3.96. The van der Waals surface area contributed by atoms with Crippen LogP contribution in [-0.4, -0.2) is 48.6 Å². The summed E-state index contributed by atoms with van der Waals surface area (Å²) in [5.74, 6) is 3.23. The van der Waals surface area contributed by atoms with E-state index in [0.717, 1.165) is 28.0 Å². The van der Waals surface area contributed by atoms with E-state index < -0.39 is 6.04 Å². The van der Waals surface area contributed by atoms with Crippen LogP contribution in [-0.2, 0) is 6.54 Å². The van der Waals surface area contributed by atoms with Crippen molar-refractivity contribution in [3.63, 3.8) is 0 Å². The van der Waals surface area contributed by atoms with Gasteiger partial charge >= 0.3 is 0 Å². The highest BCUT2D eigenvalue weighted by molar-refractivity contribution is 6.00. The fraction of sp³-hybridized carbons (Fsp3) is 0.241. The third-order valence-electron chi connectivity index (χ3n) is 6.82. The lowest BCUT2D eigenvalue weighted by Crippen LogP contribution is -2.29. The summed E-state index contributed by atoms with van der Waals surface area (Å²) in [5.41, 5.74) is 4.68. The maximum atomic E-state index is 13.8. The summed E-state index contributed by atoms with van der Waals surface area (Å²) < 4.78 is 27.7. The summed E-state index contributed by atoms with van der Waals surface area (Å²) in [6, 6.07) is 18.7. The van der Waals surface area contributed by atoms with Crippen molar-refractivity contribution in [3.8, 4) is 40.0 Å². The number of carbonyl (C=O) groups excluding carboxylic acids is 1. The van der Waals surface area contributed by atoms with Crippen LogP contribution >= 0.6 is 0 Å². The van der Waals surface area contributed by atoms with Crippen molar-refractivity contribution < 1.29 is 28.5 Å². The number of amides is 1. The summed E-state index contributed by atoms with van der Waals surface area (Å²) in [4.78, 5) is 15.6. The average molecular weight is 514 g/mol. The molecule has 2 aliphatic rings. The third-order valence-corrected chi connectivity index (χ3v) is 6.82. The molecule has 0 saturated carbocycles. The van der Waals surface area contributed by atoms with Gasteiger partial charge < -0.3 is 28.6 Å². The smallest absolute Gasteiger partial charge is 0.273 e. The number of H-pyrrole nitrogens is 1. The monoisotopic (exact) mass is 513 g/mol. The Kier molecular flexibility index (Phi) is 6.03. The Morgan fingerprint density at radius 2 is 1.79 bits per heavy atom. The lowest BCUT2D eigenvalue weighted by molar-refractivity contribution is 0.0729. The molecule has 1 atom stereocenters. The zero-order valence-corrected chi connectivity index (χ0v) is 21.3. The molecule has 2 aliphatic heterocycles. The molecule has 9 heteroatoms. The van der Waals surface area contributed by atoms with Crippen molar-refractivity contribution in [3.05, 3.63) is 83.0 Å². The predicted molar refractivity (Wildman–Crippen MR) is 139 cm³/mol. The second kappa shape index (κ2) is 9.66. The Morgan fingerprint density at radius 3 is 2.55 bits per heavy atom. The van der Waals surface area contributed by atoms with Crippen LogP contribution in [0.1, 0.15) is 40.1 Å². The van der Waals surface area contributed by atoms with E-state index in [2.05, 4.69) is 10.2 Å². The molecule has 38 heavy (non-hydrogen) atoms. The van der Waals surface area contributed by atoms with Crippen LogP contribution in [0.4, 0.5) is 0 Å². The molecular weight excluding hydrogens is 486 g/mol. The number of carbonyl (C=O) groups is 1. The molecule has 0 fully saturated rings. The van der Waals surface area contributed by atoms with E-state index in [9.17, 15) is 4.79 Å². The Balaban J connectivity index is 1.46. The van der Waals surface area contributed by atoms with Crippen molar-refractivity contribution >= 4 is 5.91 Å². The maximum absolute atomic E-state index is 13.8. The summed E-state index contributed by atoms with van der Waals surface area (Å²) in [6.07, 6.45) is 0. The van der Waals surface area contributed by atoms with Crippen LogP contribution in [0, 0.1) is 0 Å². The van der Waals surface area contributed by atoms with Crippen LogP contribution in [0.25, 0.3) is 11.3 Å². The molecule has 1 N–H and O–H groups in total. The quantitative estimate of drug-likeness (QED) is 0.356. The van der Waals surface area contributed by atoms with E-state index in [4.69, 9.17) is 23.7 Å². The van der Waals surface area contributed by atoms with Crippen molar-refractivity contribution in [2.24, 2.45) is 0 Å². The average Bonchev–Trinajstić information content (AvgIpc) is 3.66. The Labute approximate surface area is 219 Å². The molecule has 0 aliphatic carbocycles. The molecule has 3 heterocycles. The first-order chi connectivity index (χ1) is 18.6. The van der Waals surface area contributed by atoms with Gasteiger partial charge in [-0.2, -0.15) is 5.10 Å². The number of hydrogen-bond acceptors (Lipinski definition) is 7. The minimum Gasteiger partial charge on any atom is -0.497 e. The molecule has 9 nitrogen and oxygen atoms in total. The molecule has 0 radical (unpaired) electrons. The van der Waals surface area contributed by atoms with Crippen LogP contribution in [0.5, 0.6) is 28.7 Å². The van der Waals surface area contributed by atoms with Crippen molar-refractivity contribution in [1.29, 1.82) is 0 Å². The Morgan fingerprint density at radius 1 is 0.974 bits per heavy atom. The lowest BCUT2D eigenvalue weighted by Gasteiger charge is -2.27. The minimum absolute atomic E-state index is 0.136. The van der Waals surface area contributed by atoms with E-state index in [0.29, 0.717) is 47.5 Å². The van der Waals surface area contributed by atoms with Crippen LogP contribution in [0.3, 0.4) is 0 Å². The number of methoxy groups -OCH3 is 2. The van der Waals surface area contributed by atoms with Gasteiger partial charge in [-0.25, -0.2) is 0 Å². The molecule has 0 saturated heterocycles. The van der Waals surface area contributed by atoms with Gasteiger partial charge in [0.05, 0.1) is 32.6 Å². The van der Waals surface area contributed by atoms with Gasteiger partial charge in [-0.1, -0.05) is 12.1 Å². The van der Waals surface area contributed by atoms with E-state index in [-0.39, 0.29) is 12.7 Å². The molecule has 194 valence electrons. The van der Waals surface area contributed by atoms with Crippen molar-refractivity contribution in [2.75, 3.05) is 27.6 Å². The molecule has 1 amide bonds. The first kappa shape index (κ1) is 23.7. The number of hydrogen-bond donors (Lipinski definition) is 1. The number of fused-ring (bicyclic) bond motifs is 2. The summed E-state index contributed by atoms with van der Waals surface area (Å²) in [6.45, 7) is 2.99. The number of ether oxygens (including phenoxy) is 5. The highest BCUT2D eigenvalue weighted by atomic mass is 16.7. The first-order valence-corrected chi connectivity index (χ1v) is 12.3. The fourth-order valence-electron chi connectivity index (χ4n) is 5.04. The SMILES string of the molecule is CCOc1ccc(C2c3c(-c4ccc(OC)cc4)n[nH]c3C(=O)N2Cc2ccc3c(c2)OCO3)cc1OC. The first-order valence-electron chi connectivity index (χ1n) is 12.3. The Hall–Kier alpha value is -4.66. The maximum Gasteiger partial charge on any atom is 0.273 e. The highest BCUT2D eigenvalue weighted by Gasteiger charge is 2.42. The van der Waals surface area contributed by atoms with Gasteiger partial charge in [0.1, 0.15) is 11.4 Å². The summed E-state index contributed by atoms with van der Waals surface area (Å²) in [5, 5.41) is 7.57. The molecule has 6 rings (SSSR count). The molecule has 3 aromatic carbocycles. The van der Waals surface area contributed by atoms with Gasteiger partial charge in [-0.3, -0.25) is 9.89 Å². The van der Waals surface area contributed by atoms with E-state index >= 15 is 0 Å². The van der Waals surface area contributed by atoms with Gasteiger partial charge in [-0.15, -0.1) is 0 Å².